The van der Waals surface area contributed by atoms with E-state index in [1.165, 1.54) is 0 Å². The average molecular weight is 287 g/mol. The van der Waals surface area contributed by atoms with E-state index in [0.29, 0.717) is 18.2 Å². The smallest absolute Gasteiger partial charge is 0.306 e. The van der Waals surface area contributed by atoms with Crippen LogP contribution in [0.4, 0.5) is 17.6 Å². The van der Waals surface area contributed by atoms with E-state index in [0.717, 1.165) is 12.1 Å². The molecule has 0 aliphatic rings. The molecule has 3 N–H and O–H groups in total. The van der Waals surface area contributed by atoms with E-state index in [2.05, 4.69) is 20.3 Å². The van der Waals surface area contributed by atoms with Gasteiger partial charge in [-0.15, -0.1) is 0 Å². The Bertz CT molecular complexity index is 604. The monoisotopic (exact) mass is 287 g/mol. The number of nitrogens with zero attached hydrogens (tertiary/aromatic N) is 3. The van der Waals surface area contributed by atoms with Crippen molar-refractivity contribution in [2.45, 2.75) is 26.4 Å². The van der Waals surface area contributed by atoms with Crippen molar-refractivity contribution in [2.75, 3.05) is 11.1 Å². The Hall–Kier alpha value is -2.70. The number of ether oxygens (including phenoxy) is 1. The van der Waals surface area contributed by atoms with Gasteiger partial charge in [-0.1, -0.05) is 25.1 Å². The molecule has 0 spiro atoms. The highest BCUT2D eigenvalue weighted by atomic mass is 16.5. The lowest BCUT2D eigenvalue weighted by Crippen LogP contribution is -2.10. The third kappa shape index (κ3) is 4.72. The van der Waals surface area contributed by atoms with E-state index < -0.39 is 0 Å². The fraction of sp³-hybridized carbons (Fsp3) is 0.286. The highest BCUT2D eigenvalue weighted by Gasteiger charge is 2.08. The van der Waals surface area contributed by atoms with Crippen LogP contribution in [0.15, 0.2) is 30.3 Å². The Labute approximate surface area is 122 Å². The summed E-state index contributed by atoms with van der Waals surface area (Å²) in [6, 6.07) is 9.44. The van der Waals surface area contributed by atoms with Crippen LogP contribution in [0.1, 0.15) is 25.6 Å². The number of benzene rings is 1. The van der Waals surface area contributed by atoms with Crippen molar-refractivity contribution in [1.82, 2.24) is 15.0 Å². The molecule has 0 amide bonds. The van der Waals surface area contributed by atoms with E-state index in [9.17, 15) is 4.79 Å². The van der Waals surface area contributed by atoms with Gasteiger partial charge in [0.05, 0.1) is 0 Å². The van der Waals surface area contributed by atoms with Crippen molar-refractivity contribution in [3.05, 3.63) is 36.2 Å². The lowest BCUT2D eigenvalue weighted by Gasteiger charge is -2.07. The first-order valence-corrected chi connectivity index (χ1v) is 6.65. The van der Waals surface area contributed by atoms with Crippen LogP contribution in [0.3, 0.4) is 0 Å². The molecule has 0 fully saturated rings. The Morgan fingerprint density at radius 1 is 1.24 bits per heavy atom. The van der Waals surface area contributed by atoms with Gasteiger partial charge in [-0.25, -0.2) is 0 Å². The third-order valence-electron chi connectivity index (χ3n) is 2.55. The summed E-state index contributed by atoms with van der Waals surface area (Å²) in [7, 11) is 0. The van der Waals surface area contributed by atoms with Crippen LogP contribution in [-0.4, -0.2) is 20.9 Å². The summed E-state index contributed by atoms with van der Waals surface area (Å²) < 4.78 is 5.05. The van der Waals surface area contributed by atoms with Crippen LogP contribution in [0.25, 0.3) is 0 Å². The van der Waals surface area contributed by atoms with Gasteiger partial charge in [0.15, 0.2) is 12.4 Å². The van der Waals surface area contributed by atoms with Crippen molar-refractivity contribution in [1.29, 1.82) is 0 Å². The van der Waals surface area contributed by atoms with Gasteiger partial charge in [0.2, 0.25) is 11.9 Å². The van der Waals surface area contributed by atoms with E-state index in [1.807, 2.05) is 37.3 Å². The molecule has 2 aromatic rings. The number of aromatic nitrogens is 3. The first kappa shape index (κ1) is 14.7. The SMILES string of the molecule is CCCC(=O)OCc1nc(N)nc(Nc2ccccc2)n1. The molecule has 1 aromatic carbocycles. The number of hydrogen-bond donors (Lipinski definition) is 2. The fourth-order valence-electron chi connectivity index (χ4n) is 1.63. The summed E-state index contributed by atoms with van der Waals surface area (Å²) in [5.41, 5.74) is 6.47. The molecule has 21 heavy (non-hydrogen) atoms. The minimum absolute atomic E-state index is 0.0188. The van der Waals surface area contributed by atoms with Gasteiger partial charge in [0.1, 0.15) is 0 Å². The second kappa shape index (κ2) is 7.18. The second-order valence-electron chi connectivity index (χ2n) is 4.34. The predicted molar refractivity (Wildman–Crippen MR) is 78.7 cm³/mol. The highest BCUT2D eigenvalue weighted by molar-refractivity contribution is 5.69. The minimum Gasteiger partial charge on any atom is -0.457 e. The summed E-state index contributed by atoms with van der Waals surface area (Å²) in [5.74, 6) is 0.416. The zero-order chi connectivity index (χ0) is 15.1. The number of para-hydroxylation sites is 1. The highest BCUT2D eigenvalue weighted by Crippen LogP contribution is 2.13. The molecule has 1 aromatic heterocycles. The largest absolute Gasteiger partial charge is 0.457 e. The number of esters is 1. The molecule has 0 atom stereocenters. The van der Waals surface area contributed by atoms with E-state index in [1.54, 1.807) is 0 Å². The Morgan fingerprint density at radius 2 is 2.00 bits per heavy atom. The summed E-state index contributed by atoms with van der Waals surface area (Å²) in [6.07, 6.45) is 1.11. The molecule has 7 heteroatoms. The zero-order valence-corrected chi connectivity index (χ0v) is 11.7. The first-order valence-electron chi connectivity index (χ1n) is 6.65. The Balaban J connectivity index is 2.05. The Kier molecular flexibility index (Phi) is 5.03. The van der Waals surface area contributed by atoms with Gasteiger partial charge in [-0.05, 0) is 18.6 Å². The number of anilines is 3. The van der Waals surface area contributed by atoms with Gasteiger partial charge in [-0.2, -0.15) is 15.0 Å². The van der Waals surface area contributed by atoms with E-state index in [-0.39, 0.29) is 18.5 Å². The topological polar surface area (TPSA) is 103 Å². The maximum absolute atomic E-state index is 11.3. The predicted octanol–water partition coefficient (Wildman–Crippen LogP) is 2.04. The lowest BCUT2D eigenvalue weighted by molar-refractivity contribution is -0.145. The molecular weight excluding hydrogens is 270 g/mol. The van der Waals surface area contributed by atoms with Gasteiger partial charge in [-0.3, -0.25) is 4.79 Å². The number of nitrogens with two attached hydrogens (primary N) is 1. The summed E-state index contributed by atoms with van der Waals surface area (Å²) in [6.45, 7) is 1.89. The first-order chi connectivity index (χ1) is 10.2. The zero-order valence-electron chi connectivity index (χ0n) is 11.7. The molecular formula is C14H17N5O2. The number of rotatable bonds is 6. The van der Waals surface area contributed by atoms with E-state index >= 15 is 0 Å². The average Bonchev–Trinajstić information content (AvgIpc) is 2.46. The van der Waals surface area contributed by atoms with Crippen molar-refractivity contribution in [3.63, 3.8) is 0 Å². The molecule has 0 aliphatic carbocycles. The molecule has 0 bridgehead atoms. The van der Waals surface area contributed by atoms with Gasteiger partial charge < -0.3 is 15.8 Å². The number of nitrogens with one attached hydrogen (secondary N) is 1. The maximum atomic E-state index is 11.3. The van der Waals surface area contributed by atoms with Crippen LogP contribution in [-0.2, 0) is 16.1 Å². The van der Waals surface area contributed by atoms with Crippen molar-refractivity contribution < 1.29 is 9.53 Å². The molecule has 1 heterocycles. The molecule has 0 aliphatic heterocycles. The molecule has 0 saturated heterocycles. The second-order valence-corrected chi connectivity index (χ2v) is 4.34. The summed E-state index contributed by atoms with van der Waals surface area (Å²) in [4.78, 5) is 23.4. The van der Waals surface area contributed by atoms with Crippen molar-refractivity contribution >= 4 is 23.6 Å². The molecule has 7 nitrogen and oxygen atoms in total. The molecule has 0 radical (unpaired) electrons. The summed E-state index contributed by atoms with van der Waals surface area (Å²) in [5, 5.41) is 3.02. The van der Waals surface area contributed by atoms with Crippen LogP contribution in [0.5, 0.6) is 0 Å². The van der Waals surface area contributed by atoms with Crippen LogP contribution in [0.2, 0.25) is 0 Å². The third-order valence-corrected chi connectivity index (χ3v) is 2.55. The fourth-order valence-corrected chi connectivity index (χ4v) is 1.63. The summed E-state index contributed by atoms with van der Waals surface area (Å²) >= 11 is 0. The molecule has 110 valence electrons. The van der Waals surface area contributed by atoms with Crippen LogP contribution >= 0.6 is 0 Å². The number of carbonyl (C=O) groups excluding carboxylic acids is 1. The van der Waals surface area contributed by atoms with Gasteiger partial charge in [0, 0.05) is 12.1 Å². The van der Waals surface area contributed by atoms with Gasteiger partial charge >= 0.3 is 5.97 Å². The minimum atomic E-state index is -0.283. The molecule has 0 saturated carbocycles. The number of nitrogen functional groups attached to an aromatic ring is 1. The van der Waals surface area contributed by atoms with Crippen LogP contribution < -0.4 is 11.1 Å². The maximum Gasteiger partial charge on any atom is 0.306 e. The number of carbonyl (C=O) groups is 1. The quantitative estimate of drug-likeness (QED) is 0.783. The normalized spacial score (nSPS) is 10.1. The number of hydrogen-bond acceptors (Lipinski definition) is 7. The van der Waals surface area contributed by atoms with Gasteiger partial charge in [0.25, 0.3) is 0 Å². The lowest BCUT2D eigenvalue weighted by atomic mass is 10.3. The van der Waals surface area contributed by atoms with E-state index in [4.69, 9.17) is 10.5 Å². The van der Waals surface area contributed by atoms with Crippen LogP contribution in [0, 0.1) is 0 Å². The standard InChI is InChI=1S/C14H17N5O2/c1-2-6-12(20)21-9-11-17-13(15)19-14(18-11)16-10-7-4-3-5-8-10/h3-5,7-8H,2,6,9H2,1H3,(H3,15,16,17,18,19). The Morgan fingerprint density at radius 3 is 2.71 bits per heavy atom. The molecule has 0 unspecified atom stereocenters. The molecule has 2 rings (SSSR count). The van der Waals surface area contributed by atoms with Crippen molar-refractivity contribution in [2.24, 2.45) is 0 Å². The van der Waals surface area contributed by atoms with Crippen molar-refractivity contribution in [3.8, 4) is 0 Å².